The number of amides is 2. The molecule has 0 spiro atoms. The Morgan fingerprint density at radius 1 is 1.00 bits per heavy atom. The topological polar surface area (TPSA) is 88.9 Å². The lowest BCUT2D eigenvalue weighted by atomic mass is 9.99. The van der Waals surface area contributed by atoms with E-state index in [1.807, 2.05) is 52.9 Å². The fourth-order valence-electron chi connectivity index (χ4n) is 3.82. The summed E-state index contributed by atoms with van der Waals surface area (Å²) in [7, 11) is 1.89. The number of fused-ring (bicyclic) bond motifs is 1. The van der Waals surface area contributed by atoms with Gasteiger partial charge in [-0.25, -0.2) is 4.98 Å². The van der Waals surface area contributed by atoms with Crippen LogP contribution in [0.5, 0.6) is 0 Å². The van der Waals surface area contributed by atoms with E-state index in [9.17, 15) is 9.59 Å². The van der Waals surface area contributed by atoms with Crippen LogP contribution in [0.15, 0.2) is 18.2 Å². The average Bonchev–Trinajstić information content (AvgIpc) is 2.97. The summed E-state index contributed by atoms with van der Waals surface area (Å²) in [5.74, 6) is -0.397. The second-order valence-electron chi connectivity index (χ2n) is 7.78. The van der Waals surface area contributed by atoms with Crippen molar-refractivity contribution in [2.24, 2.45) is 7.05 Å². The zero-order chi connectivity index (χ0) is 22.0. The van der Waals surface area contributed by atoms with E-state index in [0.717, 1.165) is 50.4 Å². The van der Waals surface area contributed by atoms with Crippen LogP contribution in [0.25, 0.3) is 11.0 Å². The van der Waals surface area contributed by atoms with Gasteiger partial charge in [0.15, 0.2) is 5.65 Å². The lowest BCUT2D eigenvalue weighted by molar-refractivity contribution is -0.124. The average molecular weight is 408 g/mol. The second kappa shape index (κ2) is 8.65. The summed E-state index contributed by atoms with van der Waals surface area (Å²) in [6.07, 6.45) is 0.865. The van der Waals surface area contributed by atoms with Gasteiger partial charge in [0.25, 0.3) is 0 Å². The maximum atomic E-state index is 12.3. The largest absolute Gasteiger partial charge is 0.347 e. The smallest absolute Gasteiger partial charge is 0.243 e. The number of rotatable bonds is 6. The summed E-state index contributed by atoms with van der Waals surface area (Å²) in [6.45, 7) is 9.88. The lowest BCUT2D eigenvalue weighted by Gasteiger charge is -2.12. The Morgan fingerprint density at radius 3 is 2.47 bits per heavy atom. The number of hydrogen-bond donors (Lipinski definition) is 2. The maximum absolute atomic E-state index is 12.3. The quantitative estimate of drug-likeness (QED) is 0.657. The van der Waals surface area contributed by atoms with Gasteiger partial charge < -0.3 is 10.6 Å². The van der Waals surface area contributed by atoms with Crippen LogP contribution in [0, 0.1) is 34.6 Å². The summed E-state index contributed by atoms with van der Waals surface area (Å²) in [4.78, 5) is 29.2. The van der Waals surface area contributed by atoms with Crippen molar-refractivity contribution in [2.75, 3.05) is 11.9 Å². The second-order valence-corrected chi connectivity index (χ2v) is 7.78. The zero-order valence-electron chi connectivity index (χ0n) is 18.5. The van der Waals surface area contributed by atoms with E-state index >= 15 is 0 Å². The number of benzene rings is 1. The minimum Gasteiger partial charge on any atom is -0.347 e. The van der Waals surface area contributed by atoms with E-state index in [-0.39, 0.29) is 18.4 Å². The maximum Gasteiger partial charge on any atom is 0.243 e. The third-order valence-electron chi connectivity index (χ3n) is 5.66. The summed E-state index contributed by atoms with van der Waals surface area (Å²) < 4.78 is 1.79. The number of carbonyl (C=O) groups excluding carboxylic acids is 2. The van der Waals surface area contributed by atoms with Crippen molar-refractivity contribution >= 4 is 28.5 Å². The molecule has 1 aromatic carbocycles. The van der Waals surface area contributed by atoms with Crippen LogP contribution in [0.1, 0.15) is 40.1 Å². The molecule has 0 saturated carbocycles. The summed E-state index contributed by atoms with van der Waals surface area (Å²) >= 11 is 0. The highest BCUT2D eigenvalue weighted by atomic mass is 16.2. The first-order valence-electron chi connectivity index (χ1n) is 10.1. The Hall–Kier alpha value is -3.22. The summed E-state index contributed by atoms with van der Waals surface area (Å²) in [5.41, 5.74) is 7.78. The van der Waals surface area contributed by atoms with E-state index in [4.69, 9.17) is 0 Å². The molecule has 2 heterocycles. The van der Waals surface area contributed by atoms with Crippen LogP contribution in [0.3, 0.4) is 0 Å². The third kappa shape index (κ3) is 4.35. The van der Waals surface area contributed by atoms with Crippen LogP contribution >= 0.6 is 0 Å². The molecule has 0 atom stereocenters. The molecule has 0 fully saturated rings. The molecule has 0 aliphatic rings. The number of aryl methyl sites for hydroxylation is 5. The van der Waals surface area contributed by atoms with Gasteiger partial charge in [-0.15, -0.1) is 0 Å². The van der Waals surface area contributed by atoms with Crippen molar-refractivity contribution in [3.05, 3.63) is 51.8 Å². The van der Waals surface area contributed by atoms with Crippen LogP contribution < -0.4 is 10.6 Å². The first kappa shape index (κ1) is 21.5. The SMILES string of the molecule is Cc1cccc(NC(=O)CNC(=O)CCc2c(C)nc3c(c(C)nn3C)c2C)c1C. The number of nitrogens with one attached hydrogen (secondary N) is 2. The Bertz CT molecular complexity index is 1130. The number of anilines is 1. The highest BCUT2D eigenvalue weighted by Crippen LogP contribution is 2.26. The van der Waals surface area contributed by atoms with Gasteiger partial charge in [0.2, 0.25) is 11.8 Å². The molecule has 2 N–H and O–H groups in total. The molecule has 2 amide bonds. The standard InChI is InChI=1S/C23H29N5O2/c1-13-8-7-9-19(14(13)2)26-21(30)12-24-20(29)11-10-18-15(3)22-17(5)27-28(6)23(22)25-16(18)4/h7-9H,10-12H2,1-6H3,(H,24,29)(H,26,30). The van der Waals surface area contributed by atoms with E-state index in [0.29, 0.717) is 12.8 Å². The van der Waals surface area contributed by atoms with Crippen molar-refractivity contribution < 1.29 is 9.59 Å². The molecule has 3 aromatic rings. The van der Waals surface area contributed by atoms with Gasteiger partial charge in [0.05, 0.1) is 12.2 Å². The van der Waals surface area contributed by atoms with E-state index < -0.39 is 0 Å². The molecule has 7 nitrogen and oxygen atoms in total. The molecule has 0 bridgehead atoms. The third-order valence-corrected chi connectivity index (χ3v) is 5.66. The highest BCUT2D eigenvalue weighted by Gasteiger charge is 2.16. The van der Waals surface area contributed by atoms with Gasteiger partial charge in [-0.1, -0.05) is 12.1 Å². The monoisotopic (exact) mass is 407 g/mol. The van der Waals surface area contributed by atoms with Gasteiger partial charge in [0, 0.05) is 30.2 Å². The normalized spacial score (nSPS) is 11.0. The Labute approximate surface area is 176 Å². The van der Waals surface area contributed by atoms with E-state index in [2.05, 4.69) is 27.6 Å². The van der Waals surface area contributed by atoms with Gasteiger partial charge >= 0.3 is 0 Å². The Balaban J connectivity index is 1.59. The molecular weight excluding hydrogens is 378 g/mol. The Morgan fingerprint density at radius 2 is 1.73 bits per heavy atom. The van der Waals surface area contributed by atoms with Gasteiger partial charge in [0.1, 0.15) is 0 Å². The fraction of sp³-hybridized carbons (Fsp3) is 0.391. The molecule has 0 saturated heterocycles. The molecule has 0 radical (unpaired) electrons. The van der Waals surface area contributed by atoms with Gasteiger partial charge in [-0.3, -0.25) is 14.3 Å². The van der Waals surface area contributed by atoms with Crippen molar-refractivity contribution in [1.29, 1.82) is 0 Å². The van der Waals surface area contributed by atoms with Gasteiger partial charge in [-0.05, 0) is 69.4 Å². The molecule has 158 valence electrons. The van der Waals surface area contributed by atoms with Gasteiger partial charge in [-0.2, -0.15) is 5.10 Å². The minimum atomic E-state index is -0.238. The molecule has 3 rings (SSSR count). The molecule has 0 unspecified atom stereocenters. The lowest BCUT2D eigenvalue weighted by Crippen LogP contribution is -2.33. The molecule has 7 heteroatoms. The van der Waals surface area contributed by atoms with Crippen molar-refractivity contribution in [3.8, 4) is 0 Å². The van der Waals surface area contributed by atoms with Crippen LogP contribution in [-0.2, 0) is 23.1 Å². The Kier molecular flexibility index (Phi) is 6.20. The number of pyridine rings is 1. The van der Waals surface area contributed by atoms with Crippen molar-refractivity contribution in [2.45, 2.75) is 47.5 Å². The summed E-state index contributed by atoms with van der Waals surface area (Å²) in [5, 5.41) is 11.1. The summed E-state index contributed by atoms with van der Waals surface area (Å²) in [6, 6.07) is 5.75. The molecule has 2 aromatic heterocycles. The fourth-order valence-corrected chi connectivity index (χ4v) is 3.82. The number of aromatic nitrogens is 3. The zero-order valence-corrected chi connectivity index (χ0v) is 18.5. The predicted molar refractivity (Wildman–Crippen MR) is 119 cm³/mol. The molecular formula is C23H29N5O2. The van der Waals surface area contributed by atoms with Crippen molar-refractivity contribution in [1.82, 2.24) is 20.1 Å². The molecule has 30 heavy (non-hydrogen) atoms. The molecule has 0 aliphatic carbocycles. The minimum absolute atomic E-state index is 0.0524. The predicted octanol–water partition coefficient (Wildman–Crippen LogP) is 3.20. The van der Waals surface area contributed by atoms with Crippen LogP contribution in [-0.4, -0.2) is 33.1 Å². The first-order chi connectivity index (χ1) is 14.2. The van der Waals surface area contributed by atoms with E-state index in [1.165, 1.54) is 0 Å². The highest BCUT2D eigenvalue weighted by molar-refractivity contribution is 5.95. The van der Waals surface area contributed by atoms with E-state index in [1.54, 1.807) is 4.68 Å². The molecule has 0 aliphatic heterocycles. The number of carbonyl (C=O) groups is 2. The van der Waals surface area contributed by atoms with Crippen LogP contribution in [0.4, 0.5) is 5.69 Å². The van der Waals surface area contributed by atoms with Crippen LogP contribution in [0.2, 0.25) is 0 Å². The first-order valence-corrected chi connectivity index (χ1v) is 10.1. The van der Waals surface area contributed by atoms with Crippen molar-refractivity contribution in [3.63, 3.8) is 0 Å². The number of nitrogens with zero attached hydrogens (tertiary/aromatic N) is 3. The number of hydrogen-bond acceptors (Lipinski definition) is 4.